The highest BCUT2D eigenvalue weighted by molar-refractivity contribution is 14.1. The normalized spacial score (nSPS) is 10.3. The molecule has 0 nitrogen and oxygen atoms in total. The van der Waals surface area contributed by atoms with Crippen LogP contribution < -0.4 is 0 Å². The van der Waals surface area contributed by atoms with Gasteiger partial charge in [0.05, 0.1) is 0 Å². The first kappa shape index (κ1) is 7.22. The van der Waals surface area contributed by atoms with Gasteiger partial charge in [-0.2, -0.15) is 22.4 Å². The van der Waals surface area contributed by atoms with Crippen LogP contribution in [0.25, 0.3) is 0 Å². The molecule has 0 aliphatic heterocycles. The minimum atomic E-state index is 1.21. The minimum Gasteiger partial charge on any atom is -0.155 e. The number of hydrogen-bond donors (Lipinski definition) is 0. The summed E-state index contributed by atoms with van der Waals surface area (Å²) in [4.78, 5) is 0. The summed E-state index contributed by atoms with van der Waals surface area (Å²) in [6.45, 7) is 2.24. The Balaban J connectivity index is 2.34. The Morgan fingerprint density at radius 1 is 1.83 bits per heavy atom. The molecule has 0 aromatic rings. The molecule has 0 radical (unpaired) electrons. The SMILES string of the molecule is CCPCBI. The predicted molar refractivity (Wildman–Crippen MR) is 44.9 cm³/mol. The molecule has 0 aromatic carbocycles. The van der Waals surface area contributed by atoms with E-state index in [-0.39, 0.29) is 0 Å². The van der Waals surface area contributed by atoms with Gasteiger partial charge in [0.2, 0.25) is 5.14 Å². The minimum absolute atomic E-state index is 1.21. The van der Waals surface area contributed by atoms with E-state index in [2.05, 4.69) is 29.3 Å². The van der Waals surface area contributed by atoms with Crippen molar-refractivity contribution in [3.63, 3.8) is 0 Å². The van der Waals surface area contributed by atoms with Gasteiger partial charge in [-0.15, -0.1) is 8.58 Å². The van der Waals surface area contributed by atoms with Crippen LogP contribution in [-0.2, 0) is 0 Å². The van der Waals surface area contributed by atoms with E-state index < -0.39 is 0 Å². The Labute approximate surface area is 55.4 Å². The van der Waals surface area contributed by atoms with Crippen molar-refractivity contribution in [3.8, 4) is 0 Å². The maximum absolute atomic E-state index is 2.42. The third kappa shape index (κ3) is 5.22. The van der Waals surface area contributed by atoms with Gasteiger partial charge in [0, 0.05) is 0 Å². The lowest BCUT2D eigenvalue weighted by atomic mass is 10.2. The fourth-order valence-electron chi connectivity index (χ4n) is 0.244. The Kier molecular flexibility index (Phi) is 7.50. The van der Waals surface area contributed by atoms with Crippen molar-refractivity contribution in [2.45, 2.75) is 6.92 Å². The lowest BCUT2D eigenvalue weighted by Gasteiger charge is -1.84. The van der Waals surface area contributed by atoms with Crippen molar-refractivity contribution in [2.75, 3.05) is 12.2 Å². The Bertz CT molecular complexity index is 22.8. The second-order valence-electron chi connectivity index (χ2n) is 1.04. The maximum Gasteiger partial charge on any atom is 0.204 e. The average Bonchev–Trinajstić information content (AvgIpc) is 1.61. The second kappa shape index (κ2) is 6.22. The lowest BCUT2D eigenvalue weighted by Crippen LogP contribution is -1.78. The molecule has 0 N–H and O–H groups in total. The van der Waals surface area contributed by atoms with Crippen LogP contribution in [0, 0.1) is 0 Å². The first-order valence-corrected chi connectivity index (χ1v) is 5.12. The molecule has 0 heterocycles. The zero-order chi connectivity index (χ0) is 4.83. The molecule has 0 bridgehead atoms. The van der Waals surface area contributed by atoms with Gasteiger partial charge in [0.25, 0.3) is 0 Å². The van der Waals surface area contributed by atoms with Crippen molar-refractivity contribution in [3.05, 3.63) is 0 Å². The van der Waals surface area contributed by atoms with Gasteiger partial charge in [-0.25, -0.2) is 0 Å². The molecule has 0 saturated carbocycles. The molecular weight excluding hydrogens is 205 g/mol. The summed E-state index contributed by atoms with van der Waals surface area (Å²) in [6, 6.07) is 1.43. The number of rotatable bonds is 3. The molecule has 0 aromatic heterocycles. The summed E-state index contributed by atoms with van der Waals surface area (Å²) in [5.41, 5.74) is 0. The Hall–Kier alpha value is 1.22. The molecule has 1 atom stereocenters. The molecule has 3 heteroatoms. The van der Waals surface area contributed by atoms with Crippen LogP contribution in [0.3, 0.4) is 0 Å². The summed E-state index contributed by atoms with van der Waals surface area (Å²) in [5, 5.41) is 1.34. The summed E-state index contributed by atoms with van der Waals surface area (Å²) in [5.74, 6) is 0. The predicted octanol–water partition coefficient (Wildman–Crippen LogP) is 1.43. The monoisotopic (exact) mass is 214 g/mol. The van der Waals surface area contributed by atoms with Gasteiger partial charge in [-0.3, -0.25) is 0 Å². The standard InChI is InChI=1S/C3H9BIP/c1-2-6-3-4-5/h4,6H,2-3H2,1H3. The number of halogens is 1. The van der Waals surface area contributed by atoms with Crippen LogP contribution in [0.2, 0.25) is 0 Å². The van der Waals surface area contributed by atoms with E-state index in [4.69, 9.17) is 0 Å². The van der Waals surface area contributed by atoms with Crippen molar-refractivity contribution in [1.82, 2.24) is 0 Å². The smallest absolute Gasteiger partial charge is 0.155 e. The van der Waals surface area contributed by atoms with E-state index in [1.807, 2.05) is 0 Å². The van der Waals surface area contributed by atoms with Crippen LogP contribution in [0.15, 0.2) is 0 Å². The molecule has 0 rings (SSSR count). The van der Waals surface area contributed by atoms with Crippen LogP contribution in [0.5, 0.6) is 0 Å². The second-order valence-corrected chi connectivity index (χ2v) is 3.83. The lowest BCUT2D eigenvalue weighted by molar-refractivity contribution is 1.51. The zero-order valence-electron chi connectivity index (χ0n) is 4.00. The fraction of sp³-hybridized carbons (Fsp3) is 1.00. The van der Waals surface area contributed by atoms with Crippen LogP contribution >= 0.6 is 31.0 Å². The van der Waals surface area contributed by atoms with Crippen LogP contribution in [0.4, 0.5) is 0 Å². The third-order valence-electron chi connectivity index (χ3n) is 0.521. The average molecular weight is 214 g/mol. The highest BCUT2D eigenvalue weighted by Crippen LogP contribution is 2.06. The van der Waals surface area contributed by atoms with E-state index in [1.165, 1.54) is 25.9 Å². The fourth-order valence-corrected chi connectivity index (χ4v) is 1.87. The number of hydrogen-bond acceptors (Lipinski definition) is 0. The van der Waals surface area contributed by atoms with Crippen molar-refractivity contribution in [1.29, 1.82) is 0 Å². The van der Waals surface area contributed by atoms with Gasteiger partial charge in [0.1, 0.15) is 0 Å². The largest absolute Gasteiger partial charge is 0.204 e. The van der Waals surface area contributed by atoms with Gasteiger partial charge in [-0.1, -0.05) is 6.92 Å². The zero-order valence-corrected chi connectivity index (χ0v) is 7.16. The molecule has 0 fully saturated rings. The highest BCUT2D eigenvalue weighted by atomic mass is 127. The van der Waals surface area contributed by atoms with Crippen LogP contribution in [0.1, 0.15) is 6.92 Å². The molecule has 0 aliphatic carbocycles. The van der Waals surface area contributed by atoms with Gasteiger partial charge in [-0.05, 0) is 12.2 Å². The van der Waals surface area contributed by atoms with E-state index >= 15 is 0 Å². The van der Waals surface area contributed by atoms with E-state index in [0.717, 1.165) is 0 Å². The summed E-state index contributed by atoms with van der Waals surface area (Å²) >= 11 is 2.42. The van der Waals surface area contributed by atoms with E-state index in [9.17, 15) is 0 Å². The van der Waals surface area contributed by atoms with E-state index in [0.29, 0.717) is 0 Å². The third-order valence-corrected chi connectivity index (χ3v) is 3.18. The van der Waals surface area contributed by atoms with Gasteiger partial charge < -0.3 is 0 Å². The van der Waals surface area contributed by atoms with Gasteiger partial charge in [0.15, 0.2) is 0 Å². The topological polar surface area (TPSA) is 0 Å². The first-order chi connectivity index (χ1) is 2.91. The molecule has 0 aliphatic rings. The summed E-state index contributed by atoms with van der Waals surface area (Å²) in [6.07, 6.45) is 1.38. The summed E-state index contributed by atoms with van der Waals surface area (Å²) < 4.78 is 0. The molecule has 1 unspecified atom stereocenters. The van der Waals surface area contributed by atoms with E-state index in [1.54, 1.807) is 0 Å². The van der Waals surface area contributed by atoms with Crippen LogP contribution in [-0.4, -0.2) is 17.4 Å². The quantitative estimate of drug-likeness (QED) is 0.288. The van der Waals surface area contributed by atoms with Gasteiger partial charge >= 0.3 is 0 Å². The first-order valence-electron chi connectivity index (χ1n) is 2.18. The molecule has 0 saturated heterocycles. The highest BCUT2D eigenvalue weighted by Gasteiger charge is 1.78. The molecule has 6 heavy (non-hydrogen) atoms. The van der Waals surface area contributed by atoms with Crippen molar-refractivity contribution < 1.29 is 0 Å². The molecule has 36 valence electrons. The Morgan fingerprint density at radius 2 is 2.50 bits per heavy atom. The molecular formula is C3H9BIP. The van der Waals surface area contributed by atoms with Crippen molar-refractivity contribution in [2.24, 2.45) is 0 Å². The maximum atomic E-state index is 2.42. The molecule has 0 spiro atoms. The molecule has 0 amide bonds. The summed E-state index contributed by atoms with van der Waals surface area (Å²) in [7, 11) is 1.21. The Morgan fingerprint density at radius 3 is 2.67 bits per heavy atom. The van der Waals surface area contributed by atoms with Crippen molar-refractivity contribution >= 4 is 36.1 Å².